The van der Waals surface area contributed by atoms with Crippen molar-refractivity contribution < 1.29 is 14.7 Å². The summed E-state index contributed by atoms with van der Waals surface area (Å²) in [6.07, 6.45) is 1.69. The molecule has 0 saturated heterocycles. The summed E-state index contributed by atoms with van der Waals surface area (Å²) in [5.41, 5.74) is 6.49. The average Bonchev–Trinajstić information content (AvgIpc) is 3.13. The van der Waals surface area contributed by atoms with Gasteiger partial charge in [0, 0.05) is 15.7 Å². The van der Waals surface area contributed by atoms with Crippen LogP contribution in [0.2, 0.25) is 0 Å². The van der Waals surface area contributed by atoms with Crippen LogP contribution in [0.25, 0.3) is 0 Å². The molecular formula is C12H13BrN2O3. The van der Waals surface area contributed by atoms with Crippen LogP contribution in [0.1, 0.15) is 23.2 Å². The summed E-state index contributed by atoms with van der Waals surface area (Å²) < 4.78 is 0.705. The Labute approximate surface area is 112 Å². The van der Waals surface area contributed by atoms with Crippen molar-refractivity contribution in [1.82, 2.24) is 5.32 Å². The Balaban J connectivity index is 2.10. The molecule has 1 atom stereocenters. The maximum Gasteiger partial charge on any atom is 0.326 e. The first-order valence-electron chi connectivity index (χ1n) is 5.57. The molecular weight excluding hydrogens is 300 g/mol. The van der Waals surface area contributed by atoms with Gasteiger partial charge in [0.2, 0.25) is 0 Å². The summed E-state index contributed by atoms with van der Waals surface area (Å²) in [6, 6.07) is 3.98. The molecule has 1 aromatic carbocycles. The number of carbonyl (C=O) groups excluding carboxylic acids is 1. The number of nitrogens with one attached hydrogen (secondary N) is 1. The lowest BCUT2D eigenvalue weighted by atomic mass is 10.1. The summed E-state index contributed by atoms with van der Waals surface area (Å²) in [5, 5.41) is 11.6. The lowest BCUT2D eigenvalue weighted by Gasteiger charge is -2.13. The number of carboxylic acid groups (broad SMARTS) is 1. The molecule has 0 spiro atoms. The SMILES string of the molecule is Nc1cc(C(=O)NC(C(=O)O)C2CC2)ccc1Br. The summed E-state index contributed by atoms with van der Waals surface area (Å²) in [7, 11) is 0. The number of rotatable bonds is 4. The minimum atomic E-state index is -0.990. The molecule has 5 nitrogen and oxygen atoms in total. The fourth-order valence-electron chi connectivity index (χ4n) is 1.72. The molecule has 0 bridgehead atoms. The van der Waals surface area contributed by atoms with Gasteiger partial charge in [0.05, 0.1) is 0 Å². The van der Waals surface area contributed by atoms with Crippen LogP contribution in [-0.2, 0) is 4.79 Å². The number of hydrogen-bond donors (Lipinski definition) is 3. The van der Waals surface area contributed by atoms with E-state index in [9.17, 15) is 9.59 Å². The second kappa shape index (κ2) is 4.97. The van der Waals surface area contributed by atoms with Crippen LogP contribution in [0.5, 0.6) is 0 Å². The predicted octanol–water partition coefficient (Wildman–Crippen LogP) is 1.62. The molecule has 1 unspecified atom stereocenters. The smallest absolute Gasteiger partial charge is 0.326 e. The highest BCUT2D eigenvalue weighted by atomic mass is 79.9. The van der Waals surface area contributed by atoms with Crippen molar-refractivity contribution in [3.63, 3.8) is 0 Å². The van der Waals surface area contributed by atoms with Gasteiger partial charge < -0.3 is 16.2 Å². The molecule has 1 amide bonds. The molecule has 1 fully saturated rings. The summed E-state index contributed by atoms with van der Waals surface area (Å²) in [6.45, 7) is 0. The summed E-state index contributed by atoms with van der Waals surface area (Å²) >= 11 is 3.23. The van der Waals surface area contributed by atoms with E-state index >= 15 is 0 Å². The quantitative estimate of drug-likeness (QED) is 0.737. The van der Waals surface area contributed by atoms with Gasteiger partial charge in [-0.25, -0.2) is 4.79 Å². The minimum absolute atomic E-state index is 0.0549. The van der Waals surface area contributed by atoms with Gasteiger partial charge in [0.15, 0.2) is 0 Å². The number of hydrogen-bond acceptors (Lipinski definition) is 3. The lowest BCUT2D eigenvalue weighted by Crippen LogP contribution is -2.42. The van der Waals surface area contributed by atoms with Crippen molar-refractivity contribution in [3.8, 4) is 0 Å². The van der Waals surface area contributed by atoms with E-state index in [1.165, 1.54) is 6.07 Å². The zero-order valence-electron chi connectivity index (χ0n) is 9.52. The zero-order valence-corrected chi connectivity index (χ0v) is 11.1. The normalized spacial score (nSPS) is 16.1. The molecule has 4 N–H and O–H groups in total. The molecule has 18 heavy (non-hydrogen) atoms. The highest BCUT2D eigenvalue weighted by Crippen LogP contribution is 2.33. The van der Waals surface area contributed by atoms with Gasteiger partial charge in [0.1, 0.15) is 6.04 Å². The monoisotopic (exact) mass is 312 g/mol. The average molecular weight is 313 g/mol. The Morgan fingerprint density at radius 3 is 2.61 bits per heavy atom. The summed E-state index contributed by atoms with van der Waals surface area (Å²) in [5.74, 6) is -1.34. The first-order valence-corrected chi connectivity index (χ1v) is 6.37. The first kappa shape index (κ1) is 12.9. The molecule has 0 aromatic heterocycles. The fourth-order valence-corrected chi connectivity index (χ4v) is 1.97. The van der Waals surface area contributed by atoms with Crippen LogP contribution >= 0.6 is 15.9 Å². The van der Waals surface area contributed by atoms with Gasteiger partial charge in [-0.2, -0.15) is 0 Å². The van der Waals surface area contributed by atoms with Gasteiger partial charge in [-0.05, 0) is 52.9 Å². The number of aliphatic carboxylic acids is 1. The second-order valence-electron chi connectivity index (χ2n) is 4.36. The van der Waals surface area contributed by atoms with E-state index in [1.54, 1.807) is 12.1 Å². The number of nitrogen functional groups attached to an aromatic ring is 1. The van der Waals surface area contributed by atoms with Crippen molar-refractivity contribution in [2.75, 3.05) is 5.73 Å². The topological polar surface area (TPSA) is 92.4 Å². The second-order valence-corrected chi connectivity index (χ2v) is 5.22. The van der Waals surface area contributed by atoms with E-state index in [4.69, 9.17) is 10.8 Å². The Bertz CT molecular complexity index is 500. The number of anilines is 1. The van der Waals surface area contributed by atoms with Crippen LogP contribution in [-0.4, -0.2) is 23.0 Å². The number of carbonyl (C=O) groups is 2. The van der Waals surface area contributed by atoms with Gasteiger partial charge in [-0.3, -0.25) is 4.79 Å². The van der Waals surface area contributed by atoms with E-state index in [2.05, 4.69) is 21.2 Å². The van der Waals surface area contributed by atoms with E-state index in [0.29, 0.717) is 15.7 Å². The van der Waals surface area contributed by atoms with Crippen LogP contribution in [0.4, 0.5) is 5.69 Å². The third-order valence-corrected chi connectivity index (χ3v) is 3.63. The van der Waals surface area contributed by atoms with E-state index < -0.39 is 17.9 Å². The van der Waals surface area contributed by atoms with Crippen LogP contribution in [0.15, 0.2) is 22.7 Å². The molecule has 0 heterocycles. The largest absolute Gasteiger partial charge is 0.480 e. The van der Waals surface area contributed by atoms with Crippen molar-refractivity contribution in [2.24, 2.45) is 5.92 Å². The summed E-state index contributed by atoms with van der Waals surface area (Å²) in [4.78, 5) is 22.9. The molecule has 1 aromatic rings. The third kappa shape index (κ3) is 2.81. The molecule has 1 aliphatic rings. The Morgan fingerprint density at radius 2 is 2.11 bits per heavy atom. The standard InChI is InChI=1S/C12H13BrN2O3/c13-8-4-3-7(5-9(8)14)11(16)15-10(12(17)18)6-1-2-6/h3-6,10H,1-2,14H2,(H,15,16)(H,17,18). The number of carboxylic acids is 1. The van der Waals surface area contributed by atoms with E-state index in [-0.39, 0.29) is 5.92 Å². The number of halogens is 1. The fraction of sp³-hybridized carbons (Fsp3) is 0.333. The van der Waals surface area contributed by atoms with Crippen molar-refractivity contribution in [3.05, 3.63) is 28.2 Å². The van der Waals surface area contributed by atoms with Crippen LogP contribution in [0.3, 0.4) is 0 Å². The van der Waals surface area contributed by atoms with Crippen LogP contribution < -0.4 is 11.1 Å². The molecule has 6 heteroatoms. The number of benzene rings is 1. The molecule has 1 aliphatic carbocycles. The Kier molecular flexibility index (Phi) is 3.56. The Hall–Kier alpha value is -1.56. The minimum Gasteiger partial charge on any atom is -0.480 e. The highest BCUT2D eigenvalue weighted by Gasteiger charge is 2.37. The maximum atomic E-state index is 11.9. The third-order valence-electron chi connectivity index (χ3n) is 2.90. The predicted molar refractivity (Wildman–Crippen MR) is 70.2 cm³/mol. The van der Waals surface area contributed by atoms with Gasteiger partial charge in [-0.15, -0.1) is 0 Å². The van der Waals surface area contributed by atoms with E-state index in [0.717, 1.165) is 12.8 Å². The highest BCUT2D eigenvalue weighted by molar-refractivity contribution is 9.10. The van der Waals surface area contributed by atoms with Crippen LogP contribution in [0, 0.1) is 5.92 Å². The van der Waals surface area contributed by atoms with Crippen molar-refractivity contribution in [1.29, 1.82) is 0 Å². The van der Waals surface area contributed by atoms with E-state index in [1.807, 2.05) is 0 Å². The van der Waals surface area contributed by atoms with Crippen molar-refractivity contribution >= 4 is 33.5 Å². The van der Waals surface area contributed by atoms with Gasteiger partial charge >= 0.3 is 5.97 Å². The molecule has 0 radical (unpaired) electrons. The lowest BCUT2D eigenvalue weighted by molar-refractivity contribution is -0.139. The van der Waals surface area contributed by atoms with Crippen molar-refractivity contribution in [2.45, 2.75) is 18.9 Å². The zero-order chi connectivity index (χ0) is 13.3. The molecule has 1 saturated carbocycles. The number of nitrogens with two attached hydrogens (primary N) is 1. The maximum absolute atomic E-state index is 11.9. The molecule has 96 valence electrons. The Morgan fingerprint density at radius 1 is 1.44 bits per heavy atom. The molecule has 0 aliphatic heterocycles. The number of amides is 1. The molecule has 2 rings (SSSR count). The van der Waals surface area contributed by atoms with Gasteiger partial charge in [-0.1, -0.05) is 0 Å². The first-order chi connectivity index (χ1) is 8.49. The van der Waals surface area contributed by atoms with Gasteiger partial charge in [0.25, 0.3) is 5.91 Å².